The molecule has 1 aliphatic heterocycles. The van der Waals surface area contributed by atoms with Crippen molar-refractivity contribution >= 4 is 22.7 Å². The summed E-state index contributed by atoms with van der Waals surface area (Å²) >= 11 is 0. The van der Waals surface area contributed by atoms with Crippen molar-refractivity contribution in [2.24, 2.45) is 0 Å². The van der Waals surface area contributed by atoms with Gasteiger partial charge < -0.3 is 15.6 Å². The van der Waals surface area contributed by atoms with Gasteiger partial charge in [0, 0.05) is 43.0 Å². The van der Waals surface area contributed by atoms with E-state index in [0.717, 1.165) is 55.9 Å². The topological polar surface area (TPSA) is 107 Å². The lowest BCUT2D eigenvalue weighted by Crippen LogP contribution is -2.38. The minimum absolute atomic E-state index is 0.00815. The number of hydrogen-bond acceptors (Lipinski definition) is 6. The molecule has 0 atom stereocenters. The molecule has 3 heterocycles. The van der Waals surface area contributed by atoms with Gasteiger partial charge in [-0.3, -0.25) is 9.58 Å². The Labute approximate surface area is 156 Å². The van der Waals surface area contributed by atoms with Crippen molar-refractivity contribution in [1.82, 2.24) is 19.7 Å². The number of carbonyl (C=O) groups is 1. The summed E-state index contributed by atoms with van der Waals surface area (Å²) in [5.74, 6) is -1.07. The molecule has 1 aromatic carbocycles. The maximum atomic E-state index is 11.3. The first-order valence-electron chi connectivity index (χ1n) is 8.87. The minimum atomic E-state index is -1.08. The predicted molar refractivity (Wildman–Crippen MR) is 102 cm³/mol. The van der Waals surface area contributed by atoms with Gasteiger partial charge in [-0.2, -0.15) is 5.10 Å². The Kier molecular flexibility index (Phi) is 4.74. The van der Waals surface area contributed by atoms with Gasteiger partial charge in [-0.1, -0.05) is 6.07 Å². The second-order valence-electron chi connectivity index (χ2n) is 6.58. The number of fused-ring (bicyclic) bond motifs is 1. The monoisotopic (exact) mass is 367 g/mol. The highest BCUT2D eigenvalue weighted by Crippen LogP contribution is 2.25. The minimum Gasteiger partial charge on any atom is -0.478 e. The predicted octanol–water partition coefficient (Wildman–Crippen LogP) is 1.71. The Morgan fingerprint density at radius 1 is 1.19 bits per heavy atom. The van der Waals surface area contributed by atoms with Crippen LogP contribution in [0.4, 0.5) is 5.82 Å². The third kappa shape index (κ3) is 3.76. The zero-order valence-electron chi connectivity index (χ0n) is 14.8. The summed E-state index contributed by atoms with van der Waals surface area (Å²) in [6, 6.07) is 7.40. The first kappa shape index (κ1) is 17.4. The van der Waals surface area contributed by atoms with Crippen LogP contribution in [0.15, 0.2) is 36.7 Å². The molecule has 2 aromatic heterocycles. The summed E-state index contributed by atoms with van der Waals surface area (Å²) < 4.78 is 7.32. The van der Waals surface area contributed by atoms with Crippen molar-refractivity contribution in [2.45, 2.75) is 6.54 Å². The smallest absolute Gasteiger partial charge is 0.339 e. The van der Waals surface area contributed by atoms with E-state index in [1.807, 2.05) is 29.1 Å². The number of morpholine rings is 1. The third-order valence-corrected chi connectivity index (χ3v) is 4.78. The van der Waals surface area contributed by atoms with E-state index in [4.69, 9.17) is 10.5 Å². The Bertz CT molecular complexity index is 979. The van der Waals surface area contributed by atoms with E-state index < -0.39 is 5.97 Å². The molecule has 27 heavy (non-hydrogen) atoms. The van der Waals surface area contributed by atoms with Crippen molar-refractivity contribution in [3.05, 3.63) is 42.2 Å². The molecule has 1 aliphatic rings. The molecule has 3 aromatic rings. The van der Waals surface area contributed by atoms with E-state index in [9.17, 15) is 9.90 Å². The highest BCUT2D eigenvalue weighted by Gasteiger charge is 2.13. The number of carboxylic acids is 1. The number of benzene rings is 1. The Hall–Kier alpha value is -2.97. The van der Waals surface area contributed by atoms with Crippen LogP contribution in [0.25, 0.3) is 22.0 Å². The van der Waals surface area contributed by atoms with Crippen LogP contribution < -0.4 is 5.73 Å². The van der Waals surface area contributed by atoms with Gasteiger partial charge in [0.05, 0.1) is 25.3 Å². The van der Waals surface area contributed by atoms with Crippen molar-refractivity contribution < 1.29 is 14.6 Å². The van der Waals surface area contributed by atoms with E-state index in [1.165, 1.54) is 0 Å². The summed E-state index contributed by atoms with van der Waals surface area (Å²) in [5.41, 5.74) is 8.15. The Balaban J connectivity index is 1.55. The number of ether oxygens (including phenoxy) is 1. The lowest BCUT2D eigenvalue weighted by molar-refractivity contribution is 0.0360. The van der Waals surface area contributed by atoms with E-state index in [-0.39, 0.29) is 11.4 Å². The highest BCUT2D eigenvalue weighted by atomic mass is 16.5. The SMILES string of the molecule is Nc1ncc(-c2ccc3nn(CCN4CCOCC4)cc3c2)cc1C(=O)O. The average molecular weight is 367 g/mol. The molecule has 0 aliphatic carbocycles. The molecular formula is C19H21N5O3. The normalized spacial score (nSPS) is 15.3. The van der Waals surface area contributed by atoms with Crippen LogP contribution in [-0.4, -0.2) is 63.6 Å². The number of rotatable bonds is 5. The average Bonchev–Trinajstić information content (AvgIpc) is 3.09. The summed E-state index contributed by atoms with van der Waals surface area (Å²) in [6.45, 7) is 5.25. The fraction of sp³-hybridized carbons (Fsp3) is 0.316. The second kappa shape index (κ2) is 7.34. The number of carboxylic acid groups (broad SMARTS) is 1. The third-order valence-electron chi connectivity index (χ3n) is 4.78. The molecule has 0 saturated carbocycles. The number of aromatic nitrogens is 3. The summed E-state index contributed by atoms with van der Waals surface area (Å²) in [6.07, 6.45) is 3.61. The molecule has 0 unspecified atom stereocenters. The molecule has 0 amide bonds. The number of pyridine rings is 1. The van der Waals surface area contributed by atoms with Crippen LogP contribution in [0.3, 0.4) is 0 Å². The molecule has 0 bridgehead atoms. The van der Waals surface area contributed by atoms with Crippen LogP contribution in [0, 0.1) is 0 Å². The van der Waals surface area contributed by atoms with E-state index in [1.54, 1.807) is 12.3 Å². The lowest BCUT2D eigenvalue weighted by Gasteiger charge is -2.26. The van der Waals surface area contributed by atoms with Gasteiger partial charge in [0.25, 0.3) is 0 Å². The van der Waals surface area contributed by atoms with Crippen LogP contribution in [0.5, 0.6) is 0 Å². The summed E-state index contributed by atoms with van der Waals surface area (Å²) in [5, 5.41) is 14.9. The number of hydrogen-bond donors (Lipinski definition) is 2. The summed E-state index contributed by atoms with van der Waals surface area (Å²) in [4.78, 5) is 17.7. The second-order valence-corrected chi connectivity index (χ2v) is 6.58. The molecule has 0 spiro atoms. The molecule has 8 heteroatoms. The lowest BCUT2D eigenvalue weighted by atomic mass is 10.0. The molecule has 1 saturated heterocycles. The van der Waals surface area contributed by atoms with E-state index in [0.29, 0.717) is 5.56 Å². The number of aromatic carboxylic acids is 1. The largest absolute Gasteiger partial charge is 0.478 e. The van der Waals surface area contributed by atoms with Gasteiger partial charge in [0.1, 0.15) is 11.4 Å². The van der Waals surface area contributed by atoms with Crippen LogP contribution in [0.2, 0.25) is 0 Å². The van der Waals surface area contributed by atoms with Crippen molar-refractivity contribution in [1.29, 1.82) is 0 Å². The van der Waals surface area contributed by atoms with Gasteiger partial charge in [-0.25, -0.2) is 9.78 Å². The highest BCUT2D eigenvalue weighted by molar-refractivity contribution is 5.94. The van der Waals surface area contributed by atoms with Crippen LogP contribution in [0.1, 0.15) is 10.4 Å². The quantitative estimate of drug-likeness (QED) is 0.707. The van der Waals surface area contributed by atoms with Gasteiger partial charge >= 0.3 is 5.97 Å². The number of nitrogens with two attached hydrogens (primary N) is 1. The van der Waals surface area contributed by atoms with E-state index in [2.05, 4.69) is 15.0 Å². The van der Waals surface area contributed by atoms with Gasteiger partial charge in [0.2, 0.25) is 0 Å². The molecule has 0 radical (unpaired) electrons. The first-order chi connectivity index (χ1) is 13.1. The molecular weight excluding hydrogens is 346 g/mol. The standard InChI is InChI=1S/C19H21N5O3/c20-18-16(19(25)26)10-14(11-21-18)13-1-2-17-15(9-13)12-24(22-17)4-3-23-5-7-27-8-6-23/h1-2,9-12H,3-8H2,(H2,20,21)(H,25,26). The fourth-order valence-corrected chi connectivity index (χ4v) is 3.24. The number of nitrogens with zero attached hydrogens (tertiary/aromatic N) is 4. The molecule has 4 rings (SSSR count). The van der Waals surface area contributed by atoms with Crippen molar-refractivity contribution in [3.63, 3.8) is 0 Å². The van der Waals surface area contributed by atoms with Crippen molar-refractivity contribution in [2.75, 3.05) is 38.6 Å². The molecule has 3 N–H and O–H groups in total. The molecule has 140 valence electrons. The Morgan fingerprint density at radius 2 is 2.00 bits per heavy atom. The van der Waals surface area contributed by atoms with Crippen LogP contribution in [-0.2, 0) is 11.3 Å². The van der Waals surface area contributed by atoms with Gasteiger partial charge in [-0.15, -0.1) is 0 Å². The first-order valence-corrected chi connectivity index (χ1v) is 8.87. The van der Waals surface area contributed by atoms with Crippen molar-refractivity contribution in [3.8, 4) is 11.1 Å². The maximum absolute atomic E-state index is 11.3. The van der Waals surface area contributed by atoms with Gasteiger partial charge in [0.15, 0.2) is 0 Å². The Morgan fingerprint density at radius 3 is 2.78 bits per heavy atom. The molecule has 1 fully saturated rings. The van der Waals surface area contributed by atoms with E-state index >= 15 is 0 Å². The fourth-order valence-electron chi connectivity index (χ4n) is 3.24. The number of anilines is 1. The zero-order valence-corrected chi connectivity index (χ0v) is 14.8. The van der Waals surface area contributed by atoms with Crippen LogP contribution >= 0.6 is 0 Å². The van der Waals surface area contributed by atoms with Gasteiger partial charge in [-0.05, 0) is 23.8 Å². The summed E-state index contributed by atoms with van der Waals surface area (Å²) in [7, 11) is 0. The molecule has 8 nitrogen and oxygen atoms in total. The maximum Gasteiger partial charge on any atom is 0.339 e. The zero-order chi connectivity index (χ0) is 18.8. The number of nitrogen functional groups attached to an aromatic ring is 1.